The maximum absolute atomic E-state index is 11.1. The molecule has 0 aromatic rings. The zero-order chi connectivity index (χ0) is 21.3. The van der Waals surface area contributed by atoms with E-state index in [2.05, 4.69) is 12.2 Å². The molecule has 0 saturated carbocycles. The first-order valence-electron chi connectivity index (χ1n) is 11.2. The Morgan fingerprint density at radius 2 is 1.29 bits per heavy atom. The van der Waals surface area contributed by atoms with E-state index < -0.39 is 11.6 Å². The first-order valence-corrected chi connectivity index (χ1v) is 11.2. The van der Waals surface area contributed by atoms with Gasteiger partial charge in [0.2, 0.25) is 0 Å². The Bertz CT molecular complexity index is 417. The molecule has 0 aliphatic carbocycles. The van der Waals surface area contributed by atoms with Gasteiger partial charge in [0.05, 0.1) is 27.6 Å². The minimum Gasteiger partial charge on any atom is -0.481 e. The van der Waals surface area contributed by atoms with E-state index in [1.54, 1.807) is 0 Å². The molecule has 1 atom stereocenters. The van der Waals surface area contributed by atoms with Gasteiger partial charge in [-0.15, -0.1) is 0 Å². The highest BCUT2D eigenvalue weighted by Gasteiger charge is 2.35. The van der Waals surface area contributed by atoms with Gasteiger partial charge in [-0.3, -0.25) is 4.79 Å². The second-order valence-electron chi connectivity index (χ2n) is 9.30. The van der Waals surface area contributed by atoms with Gasteiger partial charge in [-0.25, -0.2) is 0 Å². The van der Waals surface area contributed by atoms with E-state index in [0.29, 0.717) is 24.1 Å². The number of nitrogens with zero attached hydrogens (tertiary/aromatic N) is 1. The second-order valence-corrected chi connectivity index (χ2v) is 9.30. The van der Waals surface area contributed by atoms with Gasteiger partial charge in [-0.2, -0.15) is 0 Å². The van der Waals surface area contributed by atoms with Gasteiger partial charge in [0, 0.05) is 6.61 Å². The summed E-state index contributed by atoms with van der Waals surface area (Å²) < 4.78 is 0.569. The van der Waals surface area contributed by atoms with Crippen LogP contribution in [0.3, 0.4) is 0 Å². The molecule has 28 heavy (non-hydrogen) atoms. The second kappa shape index (κ2) is 15.9. The number of carboxylic acids is 1. The van der Waals surface area contributed by atoms with Crippen LogP contribution in [0.1, 0.15) is 89.9 Å². The predicted octanol–water partition coefficient (Wildman–Crippen LogP) is 4.52. The zero-order valence-corrected chi connectivity index (χ0v) is 18.7. The number of unbranched alkanes of at least 4 members (excludes halogenated alkanes) is 10. The first kappa shape index (κ1) is 27.1. The van der Waals surface area contributed by atoms with E-state index in [0.717, 1.165) is 44.9 Å². The Morgan fingerprint density at radius 1 is 0.821 bits per heavy atom. The molecule has 0 aliphatic heterocycles. The number of rotatable bonds is 19. The monoisotopic (exact) mass is 400 g/mol. The van der Waals surface area contributed by atoms with Crippen molar-refractivity contribution in [2.24, 2.45) is 0 Å². The SMILES string of the molecule is C[N+](C)(C)CC(O)(CCCCCCCC/C=C\CCCCCCO)CC(=O)O. The molecule has 0 rings (SSSR count). The molecule has 0 fully saturated rings. The summed E-state index contributed by atoms with van der Waals surface area (Å²) in [5, 5.41) is 28.5. The molecule has 0 aliphatic rings. The van der Waals surface area contributed by atoms with Crippen LogP contribution >= 0.6 is 0 Å². The van der Waals surface area contributed by atoms with Crippen molar-refractivity contribution in [1.82, 2.24) is 0 Å². The summed E-state index contributed by atoms with van der Waals surface area (Å²) in [5.41, 5.74) is -1.10. The van der Waals surface area contributed by atoms with E-state index >= 15 is 0 Å². The maximum atomic E-state index is 11.1. The standard InChI is InChI=1S/C23H45NO4/c1-24(2,3)21-23(28,20-22(26)27)18-16-14-12-10-8-6-4-5-7-9-11-13-15-17-19-25/h5,7,25,28H,4,6,8-21H2,1-3H3/p+1/b7-5-. The number of carboxylic acid groups (broad SMARTS) is 1. The Kier molecular flexibility index (Phi) is 15.4. The molecular weight excluding hydrogens is 354 g/mol. The highest BCUT2D eigenvalue weighted by molar-refractivity contribution is 5.68. The van der Waals surface area contributed by atoms with E-state index in [4.69, 9.17) is 10.2 Å². The van der Waals surface area contributed by atoms with E-state index in [1.165, 1.54) is 32.1 Å². The number of carbonyl (C=O) groups is 1. The molecule has 0 saturated heterocycles. The number of hydrogen-bond donors (Lipinski definition) is 3. The van der Waals surface area contributed by atoms with Crippen molar-refractivity contribution in [3.63, 3.8) is 0 Å². The summed E-state index contributed by atoms with van der Waals surface area (Å²) in [5.74, 6) is -0.922. The van der Waals surface area contributed by atoms with Crippen LogP contribution in [0, 0.1) is 0 Å². The highest BCUT2D eigenvalue weighted by atomic mass is 16.4. The lowest BCUT2D eigenvalue weighted by Gasteiger charge is -2.34. The molecular formula is C23H46NO4+. The molecule has 0 spiro atoms. The van der Waals surface area contributed by atoms with Crippen LogP contribution in [-0.2, 0) is 4.79 Å². The molecule has 0 bridgehead atoms. The highest BCUT2D eigenvalue weighted by Crippen LogP contribution is 2.23. The first-order chi connectivity index (χ1) is 13.2. The van der Waals surface area contributed by atoms with E-state index in [1.807, 2.05) is 21.1 Å². The fraction of sp³-hybridized carbons (Fsp3) is 0.870. The zero-order valence-electron chi connectivity index (χ0n) is 18.7. The van der Waals surface area contributed by atoms with Crippen LogP contribution in [0.15, 0.2) is 12.2 Å². The lowest BCUT2D eigenvalue weighted by Crippen LogP contribution is -2.50. The summed E-state index contributed by atoms with van der Waals surface area (Å²) in [6.45, 7) is 0.780. The van der Waals surface area contributed by atoms with Crippen LogP contribution in [0.5, 0.6) is 0 Å². The third kappa shape index (κ3) is 18.5. The van der Waals surface area contributed by atoms with Gasteiger partial charge in [0.25, 0.3) is 0 Å². The Hall–Kier alpha value is -0.910. The van der Waals surface area contributed by atoms with Crippen molar-refractivity contribution in [1.29, 1.82) is 0 Å². The molecule has 5 heteroatoms. The van der Waals surface area contributed by atoms with Crippen LogP contribution in [0.2, 0.25) is 0 Å². The molecule has 0 radical (unpaired) electrons. The fourth-order valence-corrected chi connectivity index (χ4v) is 3.77. The van der Waals surface area contributed by atoms with Gasteiger partial charge in [0.1, 0.15) is 12.1 Å². The van der Waals surface area contributed by atoms with Crippen molar-refractivity contribution in [3.05, 3.63) is 12.2 Å². The third-order valence-electron chi connectivity index (χ3n) is 4.96. The molecule has 5 nitrogen and oxygen atoms in total. The third-order valence-corrected chi connectivity index (χ3v) is 4.96. The molecule has 0 amide bonds. The van der Waals surface area contributed by atoms with Crippen molar-refractivity contribution >= 4 is 5.97 Å². The van der Waals surface area contributed by atoms with Crippen molar-refractivity contribution in [3.8, 4) is 0 Å². The van der Waals surface area contributed by atoms with Crippen LogP contribution in [0.25, 0.3) is 0 Å². The normalized spacial score (nSPS) is 14.5. The summed E-state index contributed by atoms with van der Waals surface area (Å²) in [4.78, 5) is 11.1. The van der Waals surface area contributed by atoms with Gasteiger partial charge >= 0.3 is 5.97 Å². The number of aliphatic hydroxyl groups excluding tert-OH is 1. The Morgan fingerprint density at radius 3 is 1.75 bits per heavy atom. The smallest absolute Gasteiger partial charge is 0.306 e. The molecule has 3 N–H and O–H groups in total. The quantitative estimate of drug-likeness (QED) is 0.169. The number of hydrogen-bond acceptors (Lipinski definition) is 3. The summed E-state index contributed by atoms with van der Waals surface area (Å²) in [6.07, 6.45) is 18.5. The summed E-state index contributed by atoms with van der Waals surface area (Å²) in [6, 6.07) is 0. The van der Waals surface area contributed by atoms with Crippen molar-refractivity contribution < 1.29 is 24.6 Å². The topological polar surface area (TPSA) is 77.8 Å². The number of aliphatic hydroxyl groups is 2. The lowest BCUT2D eigenvalue weighted by molar-refractivity contribution is -0.877. The summed E-state index contributed by atoms with van der Waals surface area (Å²) >= 11 is 0. The van der Waals surface area contributed by atoms with Gasteiger partial charge in [-0.1, -0.05) is 57.1 Å². The number of likely N-dealkylation sites (N-methyl/N-ethyl adjacent to an activating group) is 1. The van der Waals surface area contributed by atoms with Crippen LogP contribution in [0.4, 0.5) is 0 Å². The molecule has 0 aromatic carbocycles. The van der Waals surface area contributed by atoms with Gasteiger partial charge < -0.3 is 19.8 Å². The van der Waals surface area contributed by atoms with Crippen LogP contribution in [-0.4, -0.2) is 65.7 Å². The average molecular weight is 401 g/mol. The lowest BCUT2D eigenvalue weighted by atomic mass is 9.91. The fourth-order valence-electron chi connectivity index (χ4n) is 3.77. The Balaban J connectivity index is 3.69. The molecule has 1 unspecified atom stereocenters. The Labute approximate surface area is 173 Å². The minimum atomic E-state index is -1.10. The number of quaternary nitrogens is 1. The number of allylic oxidation sites excluding steroid dienone is 2. The molecule has 0 heterocycles. The van der Waals surface area contributed by atoms with Gasteiger partial charge in [0.15, 0.2) is 0 Å². The summed E-state index contributed by atoms with van der Waals surface area (Å²) in [7, 11) is 5.95. The maximum Gasteiger partial charge on any atom is 0.306 e. The number of aliphatic carboxylic acids is 1. The predicted molar refractivity (Wildman–Crippen MR) is 116 cm³/mol. The van der Waals surface area contributed by atoms with E-state index in [9.17, 15) is 9.90 Å². The average Bonchev–Trinajstić information content (AvgIpc) is 2.55. The van der Waals surface area contributed by atoms with Gasteiger partial charge in [-0.05, 0) is 38.5 Å². The molecule has 0 aromatic heterocycles. The minimum absolute atomic E-state index is 0.170. The van der Waals surface area contributed by atoms with Crippen LogP contribution < -0.4 is 0 Å². The van der Waals surface area contributed by atoms with E-state index in [-0.39, 0.29) is 6.42 Å². The molecule has 166 valence electrons. The van der Waals surface area contributed by atoms with Crippen molar-refractivity contribution in [2.45, 2.75) is 95.5 Å². The van der Waals surface area contributed by atoms with Crippen molar-refractivity contribution in [2.75, 3.05) is 34.3 Å². The largest absolute Gasteiger partial charge is 0.481 e.